The van der Waals surface area contributed by atoms with Gasteiger partial charge in [-0.1, -0.05) is 29.5 Å². The summed E-state index contributed by atoms with van der Waals surface area (Å²) in [7, 11) is 3.23. The van der Waals surface area contributed by atoms with Crippen molar-refractivity contribution in [2.75, 3.05) is 27.4 Å². The van der Waals surface area contributed by atoms with Crippen LogP contribution in [0.5, 0.6) is 23.0 Å². The number of thiazole rings is 1. The number of nitrogens with zero attached hydrogens (tertiary/aromatic N) is 2. The highest BCUT2D eigenvalue weighted by Crippen LogP contribution is 2.28. The van der Waals surface area contributed by atoms with Gasteiger partial charge < -0.3 is 18.9 Å². The molecule has 3 aromatic carbocycles. The quantitative estimate of drug-likeness (QED) is 0.288. The van der Waals surface area contributed by atoms with Gasteiger partial charge >= 0.3 is 0 Å². The Balaban J connectivity index is 1.25. The molecule has 0 amide bonds. The molecule has 0 aliphatic carbocycles. The van der Waals surface area contributed by atoms with Crippen molar-refractivity contribution in [3.63, 3.8) is 0 Å². The van der Waals surface area contributed by atoms with Gasteiger partial charge in [-0.3, -0.25) is 4.79 Å². The van der Waals surface area contributed by atoms with Crippen LogP contribution in [0.2, 0.25) is 0 Å². The molecule has 0 bridgehead atoms. The van der Waals surface area contributed by atoms with Gasteiger partial charge in [-0.15, -0.1) is 0 Å². The molecular formula is C27H24N2O5S. The fourth-order valence-electron chi connectivity index (χ4n) is 3.76. The maximum Gasteiger partial charge on any atom is 0.274 e. The second-order valence-electron chi connectivity index (χ2n) is 7.77. The lowest BCUT2D eigenvalue weighted by Crippen LogP contribution is -2.22. The summed E-state index contributed by atoms with van der Waals surface area (Å²) >= 11 is 1.37. The van der Waals surface area contributed by atoms with Gasteiger partial charge in [0.25, 0.3) is 5.56 Å². The molecule has 0 aliphatic heterocycles. The number of hydrogen-bond acceptors (Lipinski definition) is 7. The van der Waals surface area contributed by atoms with Gasteiger partial charge in [0.2, 0.25) is 0 Å². The van der Waals surface area contributed by atoms with Crippen molar-refractivity contribution in [2.24, 2.45) is 0 Å². The third-order valence-electron chi connectivity index (χ3n) is 5.50. The summed E-state index contributed by atoms with van der Waals surface area (Å²) in [6, 6.07) is 20.7. The second-order valence-corrected chi connectivity index (χ2v) is 8.78. The standard InChI is InChI=1S/C27H24N2O5S/c1-31-19-9-11-20(12-10-19)33-14-5-15-34-23-13-8-18(16-24(23)32-2)17-25-26(30)29-22-7-4-3-6-21(22)28-27(29)35-25/h3-4,6-13,16-17H,5,14-15H2,1-2H3/b25-17-. The summed E-state index contributed by atoms with van der Waals surface area (Å²) in [4.78, 5) is 18.2. The fourth-order valence-corrected chi connectivity index (χ4v) is 4.75. The van der Waals surface area contributed by atoms with Crippen LogP contribution in [-0.4, -0.2) is 36.8 Å². The van der Waals surface area contributed by atoms with Crippen LogP contribution in [0, 0.1) is 0 Å². The highest BCUT2D eigenvalue weighted by molar-refractivity contribution is 7.15. The lowest BCUT2D eigenvalue weighted by Gasteiger charge is -2.12. The largest absolute Gasteiger partial charge is 0.497 e. The van der Waals surface area contributed by atoms with E-state index in [0.717, 1.165) is 28.1 Å². The Morgan fingerprint density at radius 2 is 1.66 bits per heavy atom. The van der Waals surface area contributed by atoms with Crippen LogP contribution in [0.4, 0.5) is 0 Å². The normalized spacial score (nSPS) is 11.8. The molecule has 0 N–H and O–H groups in total. The van der Waals surface area contributed by atoms with Crippen LogP contribution in [0.1, 0.15) is 12.0 Å². The summed E-state index contributed by atoms with van der Waals surface area (Å²) < 4.78 is 24.6. The zero-order valence-corrected chi connectivity index (χ0v) is 20.2. The number of ether oxygens (including phenoxy) is 4. The Labute approximate surface area is 205 Å². The predicted molar refractivity (Wildman–Crippen MR) is 137 cm³/mol. The van der Waals surface area contributed by atoms with E-state index in [1.165, 1.54) is 11.3 Å². The van der Waals surface area contributed by atoms with E-state index in [0.29, 0.717) is 40.6 Å². The predicted octanol–water partition coefficient (Wildman–Crippen LogP) is 4.32. The summed E-state index contributed by atoms with van der Waals surface area (Å²) in [5.41, 5.74) is 2.42. The number of para-hydroxylation sites is 2. The molecule has 0 atom stereocenters. The minimum atomic E-state index is -0.0742. The lowest BCUT2D eigenvalue weighted by atomic mass is 10.2. The third kappa shape index (κ3) is 4.79. The Bertz CT molecular complexity index is 1570. The minimum absolute atomic E-state index is 0.0742. The molecule has 0 spiro atoms. The van der Waals surface area contributed by atoms with Crippen molar-refractivity contribution in [1.29, 1.82) is 0 Å². The molecule has 2 heterocycles. The smallest absolute Gasteiger partial charge is 0.274 e. The Kier molecular flexibility index (Phi) is 6.54. The molecule has 2 aromatic heterocycles. The first-order valence-electron chi connectivity index (χ1n) is 11.2. The zero-order chi connectivity index (χ0) is 24.2. The molecule has 5 rings (SSSR count). The minimum Gasteiger partial charge on any atom is -0.497 e. The Hall–Kier alpha value is -4.04. The Morgan fingerprint density at radius 3 is 2.46 bits per heavy atom. The number of imidazole rings is 1. The van der Waals surface area contributed by atoms with Crippen LogP contribution in [0.3, 0.4) is 0 Å². The van der Waals surface area contributed by atoms with Crippen LogP contribution in [0.15, 0.2) is 71.5 Å². The van der Waals surface area contributed by atoms with Gasteiger partial charge in [-0.2, -0.15) is 0 Å². The van der Waals surface area contributed by atoms with E-state index in [4.69, 9.17) is 18.9 Å². The van der Waals surface area contributed by atoms with E-state index in [1.54, 1.807) is 18.6 Å². The SMILES string of the molecule is COc1ccc(OCCCOc2ccc(/C=c3\sc4nc5ccccc5n4c3=O)cc2OC)cc1. The van der Waals surface area contributed by atoms with Crippen LogP contribution < -0.4 is 29.0 Å². The van der Waals surface area contributed by atoms with E-state index >= 15 is 0 Å². The van der Waals surface area contributed by atoms with Crippen molar-refractivity contribution < 1.29 is 18.9 Å². The van der Waals surface area contributed by atoms with Crippen molar-refractivity contribution in [3.05, 3.63) is 87.2 Å². The number of methoxy groups -OCH3 is 2. The van der Waals surface area contributed by atoms with Crippen molar-refractivity contribution in [3.8, 4) is 23.0 Å². The first-order valence-corrected chi connectivity index (χ1v) is 12.0. The van der Waals surface area contributed by atoms with Crippen LogP contribution >= 0.6 is 11.3 Å². The van der Waals surface area contributed by atoms with Crippen molar-refractivity contribution in [2.45, 2.75) is 6.42 Å². The van der Waals surface area contributed by atoms with Crippen LogP contribution in [0.25, 0.3) is 22.1 Å². The molecule has 0 saturated carbocycles. The maximum absolute atomic E-state index is 13.0. The number of aromatic nitrogens is 2. The summed E-state index contributed by atoms with van der Waals surface area (Å²) in [6.45, 7) is 1.01. The van der Waals surface area contributed by atoms with Crippen molar-refractivity contribution in [1.82, 2.24) is 9.38 Å². The first-order chi connectivity index (χ1) is 17.2. The topological polar surface area (TPSA) is 71.3 Å². The molecule has 5 aromatic rings. The zero-order valence-electron chi connectivity index (χ0n) is 19.4. The Morgan fingerprint density at radius 1 is 0.886 bits per heavy atom. The number of fused-ring (bicyclic) bond motifs is 3. The number of rotatable bonds is 9. The average Bonchev–Trinajstić information content (AvgIpc) is 3.40. The molecule has 0 radical (unpaired) electrons. The van der Waals surface area contributed by atoms with Gasteiger partial charge in [0.15, 0.2) is 16.5 Å². The van der Waals surface area contributed by atoms with Crippen molar-refractivity contribution >= 4 is 33.4 Å². The molecule has 0 fully saturated rings. The van der Waals surface area contributed by atoms with E-state index in [9.17, 15) is 4.79 Å². The highest BCUT2D eigenvalue weighted by Gasteiger charge is 2.11. The summed E-state index contributed by atoms with van der Waals surface area (Å²) in [5, 5.41) is 0. The van der Waals surface area contributed by atoms with Crippen LogP contribution in [-0.2, 0) is 0 Å². The van der Waals surface area contributed by atoms with E-state index < -0.39 is 0 Å². The number of benzene rings is 3. The van der Waals surface area contributed by atoms with Gasteiger partial charge in [0.05, 0.1) is 43.0 Å². The summed E-state index contributed by atoms with van der Waals surface area (Å²) in [6.07, 6.45) is 2.57. The van der Waals surface area contributed by atoms with E-state index in [2.05, 4.69) is 4.98 Å². The van der Waals surface area contributed by atoms with E-state index in [-0.39, 0.29) is 5.56 Å². The fraction of sp³-hybridized carbons (Fsp3) is 0.185. The highest BCUT2D eigenvalue weighted by atomic mass is 32.1. The lowest BCUT2D eigenvalue weighted by molar-refractivity contribution is 0.240. The average molecular weight is 489 g/mol. The van der Waals surface area contributed by atoms with Gasteiger partial charge in [-0.05, 0) is 60.2 Å². The molecule has 178 valence electrons. The van der Waals surface area contributed by atoms with Gasteiger partial charge in [0.1, 0.15) is 11.5 Å². The molecule has 35 heavy (non-hydrogen) atoms. The molecule has 0 unspecified atom stereocenters. The van der Waals surface area contributed by atoms with Gasteiger partial charge in [-0.25, -0.2) is 9.38 Å². The molecule has 7 nitrogen and oxygen atoms in total. The number of hydrogen-bond donors (Lipinski definition) is 0. The second kappa shape index (κ2) is 10.1. The van der Waals surface area contributed by atoms with Gasteiger partial charge in [0, 0.05) is 6.42 Å². The van der Waals surface area contributed by atoms with E-state index in [1.807, 2.05) is 72.8 Å². The third-order valence-corrected chi connectivity index (χ3v) is 6.47. The molecular weight excluding hydrogens is 464 g/mol. The molecule has 8 heteroatoms. The molecule has 0 saturated heterocycles. The first kappa shape index (κ1) is 22.7. The summed E-state index contributed by atoms with van der Waals surface area (Å²) in [5.74, 6) is 2.83. The maximum atomic E-state index is 13.0. The monoisotopic (exact) mass is 488 g/mol. The molecule has 0 aliphatic rings.